The van der Waals surface area contributed by atoms with Crippen LogP contribution in [-0.2, 0) is 10.1 Å². The lowest BCUT2D eigenvalue weighted by Crippen LogP contribution is -2.11. The number of nitrogens with zero attached hydrogens (tertiary/aromatic N) is 1. The van der Waals surface area contributed by atoms with Gasteiger partial charge in [0.15, 0.2) is 5.75 Å². The SMILES string of the molecule is CCOc1ccc(N=Cc2cc(Cl)ccc2OS(=O)(=O)c2ccc(C)cc2)cc1. The van der Waals surface area contributed by atoms with E-state index in [9.17, 15) is 8.42 Å². The lowest BCUT2D eigenvalue weighted by molar-refractivity contribution is 0.340. The lowest BCUT2D eigenvalue weighted by atomic mass is 10.2. The second kappa shape index (κ2) is 9.11. The van der Waals surface area contributed by atoms with Crippen LogP contribution in [0.15, 0.2) is 76.6 Å². The van der Waals surface area contributed by atoms with E-state index in [4.69, 9.17) is 20.5 Å². The molecule has 0 radical (unpaired) electrons. The molecule has 150 valence electrons. The van der Waals surface area contributed by atoms with Crippen molar-refractivity contribution in [2.75, 3.05) is 6.61 Å². The minimum Gasteiger partial charge on any atom is -0.494 e. The van der Waals surface area contributed by atoms with Crippen molar-refractivity contribution in [3.05, 3.63) is 82.9 Å². The van der Waals surface area contributed by atoms with Crippen molar-refractivity contribution in [3.63, 3.8) is 0 Å². The van der Waals surface area contributed by atoms with Crippen LogP contribution in [0.2, 0.25) is 5.02 Å². The summed E-state index contributed by atoms with van der Waals surface area (Å²) in [5.41, 5.74) is 2.08. The third-order valence-corrected chi connectivity index (χ3v) is 5.46. The van der Waals surface area contributed by atoms with Gasteiger partial charge in [0.1, 0.15) is 10.6 Å². The first-order valence-corrected chi connectivity index (χ1v) is 10.7. The average molecular weight is 430 g/mol. The summed E-state index contributed by atoms with van der Waals surface area (Å²) in [6.45, 7) is 4.38. The summed E-state index contributed by atoms with van der Waals surface area (Å²) < 4.78 is 36.0. The summed E-state index contributed by atoms with van der Waals surface area (Å²) in [5, 5.41) is 0.443. The first kappa shape index (κ1) is 20.9. The molecule has 0 atom stereocenters. The molecule has 3 aromatic carbocycles. The minimum atomic E-state index is -3.98. The van der Waals surface area contributed by atoms with Gasteiger partial charge in [-0.3, -0.25) is 4.99 Å². The number of rotatable bonds is 7. The Morgan fingerprint density at radius 1 is 1.00 bits per heavy atom. The van der Waals surface area contributed by atoms with E-state index >= 15 is 0 Å². The molecule has 0 heterocycles. The van der Waals surface area contributed by atoms with Crippen LogP contribution in [-0.4, -0.2) is 21.2 Å². The Hall–Kier alpha value is -2.83. The second-order valence-corrected chi connectivity index (χ2v) is 8.20. The predicted molar refractivity (Wildman–Crippen MR) is 115 cm³/mol. The van der Waals surface area contributed by atoms with Gasteiger partial charge in [-0.25, -0.2) is 0 Å². The number of hydrogen-bond donors (Lipinski definition) is 0. The zero-order valence-electron chi connectivity index (χ0n) is 16.0. The first-order chi connectivity index (χ1) is 13.9. The quantitative estimate of drug-likeness (QED) is 0.364. The summed E-state index contributed by atoms with van der Waals surface area (Å²) in [4.78, 5) is 4.46. The van der Waals surface area contributed by atoms with Crippen molar-refractivity contribution in [2.45, 2.75) is 18.7 Å². The molecule has 0 spiro atoms. The van der Waals surface area contributed by atoms with Crippen molar-refractivity contribution in [2.24, 2.45) is 4.99 Å². The maximum Gasteiger partial charge on any atom is 0.339 e. The third kappa shape index (κ3) is 5.59. The van der Waals surface area contributed by atoms with Gasteiger partial charge < -0.3 is 8.92 Å². The zero-order valence-corrected chi connectivity index (χ0v) is 17.6. The van der Waals surface area contributed by atoms with Gasteiger partial charge in [0, 0.05) is 16.8 Å². The molecule has 7 heteroatoms. The third-order valence-electron chi connectivity index (χ3n) is 3.98. The van der Waals surface area contributed by atoms with Crippen LogP contribution in [0.4, 0.5) is 5.69 Å². The molecule has 0 saturated heterocycles. The number of aryl methyl sites for hydroxylation is 1. The molecule has 0 amide bonds. The number of ether oxygens (including phenoxy) is 1. The molecule has 0 fully saturated rings. The van der Waals surface area contributed by atoms with E-state index in [-0.39, 0.29) is 10.6 Å². The highest BCUT2D eigenvalue weighted by Gasteiger charge is 2.18. The normalized spacial score (nSPS) is 11.6. The van der Waals surface area contributed by atoms with Crippen molar-refractivity contribution < 1.29 is 17.3 Å². The first-order valence-electron chi connectivity index (χ1n) is 8.95. The largest absolute Gasteiger partial charge is 0.494 e. The van der Waals surface area contributed by atoms with Crippen molar-refractivity contribution in [3.8, 4) is 11.5 Å². The molecule has 29 heavy (non-hydrogen) atoms. The van der Waals surface area contributed by atoms with E-state index in [1.165, 1.54) is 24.4 Å². The molecule has 0 unspecified atom stereocenters. The lowest BCUT2D eigenvalue weighted by Gasteiger charge is -2.10. The number of benzene rings is 3. The molecule has 3 aromatic rings. The predicted octanol–water partition coefficient (Wildman–Crippen LogP) is 5.57. The summed E-state index contributed by atoms with van der Waals surface area (Å²) in [7, 11) is -3.98. The molecule has 0 N–H and O–H groups in total. The van der Waals surface area contributed by atoms with Crippen LogP contribution in [0.25, 0.3) is 0 Å². The summed E-state index contributed by atoms with van der Waals surface area (Å²) >= 11 is 6.08. The minimum absolute atomic E-state index is 0.0763. The monoisotopic (exact) mass is 429 g/mol. The number of aliphatic imine (C=N–C) groups is 1. The van der Waals surface area contributed by atoms with Gasteiger partial charge in [0.25, 0.3) is 0 Å². The molecule has 0 aliphatic heterocycles. The standard InChI is InChI=1S/C22H20ClNO4S/c1-3-27-20-9-7-19(8-10-20)24-15-17-14-18(23)6-13-22(17)28-29(25,26)21-11-4-16(2)5-12-21/h4-15H,3H2,1-2H3. The molecular weight excluding hydrogens is 410 g/mol. The average Bonchev–Trinajstić information content (AvgIpc) is 2.70. The number of hydrogen-bond acceptors (Lipinski definition) is 5. The van der Waals surface area contributed by atoms with Crippen LogP contribution in [0.1, 0.15) is 18.1 Å². The molecule has 0 aliphatic carbocycles. The highest BCUT2D eigenvalue weighted by Crippen LogP contribution is 2.26. The van der Waals surface area contributed by atoms with E-state index in [2.05, 4.69) is 4.99 Å². The highest BCUT2D eigenvalue weighted by atomic mass is 35.5. The van der Waals surface area contributed by atoms with Gasteiger partial charge in [-0.2, -0.15) is 8.42 Å². The van der Waals surface area contributed by atoms with Crippen LogP contribution >= 0.6 is 11.6 Å². The van der Waals surface area contributed by atoms with Gasteiger partial charge in [0.05, 0.1) is 12.3 Å². The zero-order chi connectivity index (χ0) is 20.9. The maximum absolute atomic E-state index is 12.6. The Balaban J connectivity index is 1.86. The molecule has 3 rings (SSSR count). The van der Waals surface area contributed by atoms with E-state index in [1.54, 1.807) is 36.4 Å². The molecule has 0 aliphatic rings. The second-order valence-electron chi connectivity index (χ2n) is 6.22. The number of halogens is 1. The summed E-state index contributed by atoms with van der Waals surface area (Å²) in [5.74, 6) is 0.895. The fourth-order valence-electron chi connectivity index (χ4n) is 2.51. The Bertz CT molecular complexity index is 1110. The van der Waals surface area contributed by atoms with Crippen molar-refractivity contribution in [1.29, 1.82) is 0 Å². The fraction of sp³-hybridized carbons (Fsp3) is 0.136. The van der Waals surface area contributed by atoms with E-state index in [1.807, 2.05) is 26.0 Å². The maximum atomic E-state index is 12.6. The Morgan fingerprint density at radius 3 is 2.34 bits per heavy atom. The summed E-state index contributed by atoms with van der Waals surface area (Å²) in [6.07, 6.45) is 1.52. The Morgan fingerprint density at radius 2 is 1.69 bits per heavy atom. The Labute approximate surface area is 175 Å². The molecule has 0 saturated carbocycles. The molecular formula is C22H20ClNO4S. The van der Waals surface area contributed by atoms with Crippen molar-refractivity contribution >= 4 is 33.6 Å². The fourth-order valence-corrected chi connectivity index (χ4v) is 3.64. The molecule has 0 bridgehead atoms. The van der Waals surface area contributed by atoms with Crippen LogP contribution in [0.5, 0.6) is 11.5 Å². The summed E-state index contributed by atoms with van der Waals surface area (Å²) in [6, 6.07) is 18.3. The topological polar surface area (TPSA) is 65.0 Å². The highest BCUT2D eigenvalue weighted by molar-refractivity contribution is 7.87. The molecule has 5 nitrogen and oxygen atoms in total. The van der Waals surface area contributed by atoms with Crippen molar-refractivity contribution in [1.82, 2.24) is 0 Å². The van der Waals surface area contributed by atoms with Crippen LogP contribution in [0, 0.1) is 6.92 Å². The van der Waals surface area contributed by atoms with E-state index < -0.39 is 10.1 Å². The van der Waals surface area contributed by atoms with Gasteiger partial charge in [0.2, 0.25) is 0 Å². The van der Waals surface area contributed by atoms with E-state index in [0.29, 0.717) is 22.9 Å². The van der Waals surface area contributed by atoms with Crippen LogP contribution < -0.4 is 8.92 Å². The van der Waals surface area contributed by atoms with E-state index in [0.717, 1.165) is 11.3 Å². The van der Waals surface area contributed by atoms with Gasteiger partial charge >= 0.3 is 10.1 Å². The van der Waals surface area contributed by atoms with Crippen LogP contribution in [0.3, 0.4) is 0 Å². The van der Waals surface area contributed by atoms with Gasteiger partial charge in [-0.15, -0.1) is 0 Å². The van der Waals surface area contributed by atoms with Gasteiger partial charge in [-0.1, -0.05) is 29.3 Å². The molecule has 0 aromatic heterocycles. The smallest absolute Gasteiger partial charge is 0.339 e. The van der Waals surface area contributed by atoms with Gasteiger partial charge in [-0.05, 0) is 68.4 Å². The Kier molecular flexibility index (Phi) is 6.56.